The van der Waals surface area contributed by atoms with Crippen molar-refractivity contribution in [1.29, 1.82) is 0 Å². The van der Waals surface area contributed by atoms with Crippen LogP contribution in [0.4, 0.5) is 11.4 Å². The topological polar surface area (TPSA) is 65.0 Å². The maximum atomic E-state index is 12.8. The predicted octanol–water partition coefficient (Wildman–Crippen LogP) is 1.05. The first-order valence-corrected chi connectivity index (χ1v) is 7.78. The minimum Gasteiger partial charge on any atom is -0.368 e. The van der Waals surface area contributed by atoms with Crippen molar-refractivity contribution in [2.24, 2.45) is 5.10 Å². The van der Waals surface area contributed by atoms with Gasteiger partial charge in [0.2, 0.25) is 5.91 Å². The predicted molar refractivity (Wildman–Crippen MR) is 84.1 cm³/mol. The van der Waals surface area contributed by atoms with E-state index in [1.807, 2.05) is 17.0 Å². The maximum absolute atomic E-state index is 12.8. The lowest BCUT2D eigenvalue weighted by Gasteiger charge is -2.41. The Balaban J connectivity index is 1.69. The van der Waals surface area contributed by atoms with Crippen molar-refractivity contribution in [3.8, 4) is 0 Å². The zero-order valence-electron chi connectivity index (χ0n) is 12.3. The molecule has 4 rings (SSSR count). The SMILES string of the molecule is O=C1CCC(C(=O)N2CCN3CCCc4cccc2c43)=NN1. The molecule has 22 heavy (non-hydrogen) atoms. The second-order valence-electron chi connectivity index (χ2n) is 5.93. The monoisotopic (exact) mass is 298 g/mol. The van der Waals surface area contributed by atoms with Gasteiger partial charge >= 0.3 is 0 Å². The Hall–Kier alpha value is -2.37. The molecule has 6 heteroatoms. The fourth-order valence-corrected chi connectivity index (χ4v) is 3.49. The van der Waals surface area contributed by atoms with Crippen LogP contribution in [0, 0.1) is 0 Å². The average Bonchev–Trinajstić information content (AvgIpc) is 2.56. The van der Waals surface area contributed by atoms with E-state index in [-0.39, 0.29) is 11.8 Å². The number of nitrogens with one attached hydrogen (secondary N) is 1. The number of anilines is 2. The van der Waals surface area contributed by atoms with Crippen molar-refractivity contribution >= 4 is 28.9 Å². The third-order valence-electron chi connectivity index (χ3n) is 4.57. The standard InChI is InChI=1S/C16H18N4O2/c21-14-7-6-12(17-18-14)16(22)20-10-9-19-8-2-4-11-3-1-5-13(20)15(11)19/h1,3,5H,2,4,6-10H2,(H,18,21). The molecule has 3 aliphatic heterocycles. The molecule has 3 heterocycles. The molecule has 6 nitrogen and oxygen atoms in total. The lowest BCUT2D eigenvalue weighted by molar-refractivity contribution is -0.121. The highest BCUT2D eigenvalue weighted by Gasteiger charge is 2.32. The van der Waals surface area contributed by atoms with Crippen LogP contribution >= 0.6 is 0 Å². The second kappa shape index (κ2) is 5.12. The van der Waals surface area contributed by atoms with Gasteiger partial charge in [0.25, 0.3) is 5.91 Å². The van der Waals surface area contributed by atoms with Gasteiger partial charge in [-0.15, -0.1) is 0 Å². The molecule has 0 unspecified atom stereocenters. The molecule has 0 aromatic heterocycles. The molecular weight excluding hydrogens is 280 g/mol. The van der Waals surface area contributed by atoms with Gasteiger partial charge in [0.1, 0.15) is 5.71 Å². The Kier molecular flexibility index (Phi) is 3.10. The zero-order valence-corrected chi connectivity index (χ0v) is 12.3. The van der Waals surface area contributed by atoms with Crippen molar-refractivity contribution in [1.82, 2.24) is 5.43 Å². The first kappa shape index (κ1) is 13.3. The lowest BCUT2D eigenvalue weighted by atomic mass is 9.97. The summed E-state index contributed by atoms with van der Waals surface area (Å²) in [4.78, 5) is 28.2. The molecule has 0 atom stereocenters. The van der Waals surface area contributed by atoms with Crippen LogP contribution in [0.5, 0.6) is 0 Å². The molecule has 3 aliphatic rings. The van der Waals surface area contributed by atoms with Gasteiger partial charge in [-0.3, -0.25) is 9.59 Å². The van der Waals surface area contributed by atoms with E-state index in [0.717, 1.165) is 25.2 Å². The number of carbonyl (C=O) groups excluding carboxylic acids is 2. The molecule has 0 radical (unpaired) electrons. The fraction of sp³-hybridized carbons (Fsp3) is 0.438. The molecule has 0 saturated carbocycles. The van der Waals surface area contributed by atoms with Gasteiger partial charge in [-0.05, 0) is 24.5 Å². The van der Waals surface area contributed by atoms with E-state index in [1.54, 1.807) is 0 Å². The van der Waals surface area contributed by atoms with Gasteiger partial charge < -0.3 is 9.80 Å². The van der Waals surface area contributed by atoms with E-state index in [1.165, 1.54) is 17.7 Å². The molecule has 0 bridgehead atoms. The number of nitrogens with zero attached hydrogens (tertiary/aromatic N) is 3. The van der Waals surface area contributed by atoms with Crippen LogP contribution in [0.3, 0.4) is 0 Å². The van der Waals surface area contributed by atoms with Gasteiger partial charge in [0.05, 0.1) is 11.4 Å². The van der Waals surface area contributed by atoms with Crippen molar-refractivity contribution in [3.05, 3.63) is 23.8 Å². The summed E-state index contributed by atoms with van der Waals surface area (Å²) in [5.74, 6) is -0.211. The van der Waals surface area contributed by atoms with Gasteiger partial charge in [0.15, 0.2) is 0 Å². The number of hydrogen-bond donors (Lipinski definition) is 1. The average molecular weight is 298 g/mol. The minimum atomic E-state index is -0.126. The molecule has 1 aromatic carbocycles. The molecule has 0 aliphatic carbocycles. The van der Waals surface area contributed by atoms with E-state index in [9.17, 15) is 9.59 Å². The molecule has 114 valence electrons. The number of para-hydroxylation sites is 1. The third-order valence-corrected chi connectivity index (χ3v) is 4.57. The number of carbonyl (C=O) groups is 2. The Morgan fingerprint density at radius 1 is 1.14 bits per heavy atom. The molecular formula is C16H18N4O2. The number of hydrogen-bond acceptors (Lipinski definition) is 4. The molecule has 2 amide bonds. The highest BCUT2D eigenvalue weighted by atomic mass is 16.2. The molecule has 0 fully saturated rings. The van der Waals surface area contributed by atoms with Crippen LogP contribution in [-0.2, 0) is 16.0 Å². The van der Waals surface area contributed by atoms with Gasteiger partial charge in [0, 0.05) is 32.5 Å². The van der Waals surface area contributed by atoms with Crippen LogP contribution in [-0.4, -0.2) is 37.2 Å². The summed E-state index contributed by atoms with van der Waals surface area (Å²) in [5.41, 5.74) is 6.36. The fourth-order valence-electron chi connectivity index (χ4n) is 3.49. The van der Waals surface area contributed by atoms with Crippen molar-refractivity contribution in [3.63, 3.8) is 0 Å². The number of rotatable bonds is 1. The van der Waals surface area contributed by atoms with Crippen LogP contribution in [0.25, 0.3) is 0 Å². The smallest absolute Gasteiger partial charge is 0.274 e. The summed E-state index contributed by atoms with van der Waals surface area (Å²) in [6, 6.07) is 6.18. The summed E-state index contributed by atoms with van der Waals surface area (Å²) < 4.78 is 0. The van der Waals surface area contributed by atoms with Crippen LogP contribution in [0.2, 0.25) is 0 Å². The van der Waals surface area contributed by atoms with E-state index in [2.05, 4.69) is 21.5 Å². The van der Waals surface area contributed by atoms with Crippen molar-refractivity contribution in [2.45, 2.75) is 25.7 Å². The van der Waals surface area contributed by atoms with E-state index in [0.29, 0.717) is 25.1 Å². The van der Waals surface area contributed by atoms with Crippen LogP contribution in [0.15, 0.2) is 23.3 Å². The number of amides is 2. The lowest BCUT2D eigenvalue weighted by Crippen LogP contribution is -2.49. The molecule has 1 aromatic rings. The summed E-state index contributed by atoms with van der Waals surface area (Å²) >= 11 is 0. The Morgan fingerprint density at radius 2 is 2.05 bits per heavy atom. The van der Waals surface area contributed by atoms with Crippen LogP contribution in [0.1, 0.15) is 24.8 Å². The summed E-state index contributed by atoms with van der Waals surface area (Å²) in [6.45, 7) is 2.58. The Morgan fingerprint density at radius 3 is 2.86 bits per heavy atom. The zero-order chi connectivity index (χ0) is 15.1. The van der Waals surface area contributed by atoms with Crippen molar-refractivity contribution < 1.29 is 9.59 Å². The molecule has 1 N–H and O–H groups in total. The molecule has 0 spiro atoms. The van der Waals surface area contributed by atoms with Crippen molar-refractivity contribution in [2.75, 3.05) is 29.4 Å². The van der Waals surface area contributed by atoms with E-state index >= 15 is 0 Å². The maximum Gasteiger partial charge on any atom is 0.274 e. The normalized spacial score (nSPS) is 20.2. The summed E-state index contributed by atoms with van der Waals surface area (Å²) in [7, 11) is 0. The van der Waals surface area contributed by atoms with Gasteiger partial charge in [-0.1, -0.05) is 12.1 Å². The Bertz CT molecular complexity index is 683. The molecule has 0 saturated heterocycles. The number of benzene rings is 1. The van der Waals surface area contributed by atoms with Crippen LogP contribution < -0.4 is 15.2 Å². The highest BCUT2D eigenvalue weighted by Crippen LogP contribution is 2.39. The minimum absolute atomic E-state index is 0.0846. The first-order valence-electron chi connectivity index (χ1n) is 7.78. The number of aryl methyl sites for hydroxylation is 1. The second-order valence-corrected chi connectivity index (χ2v) is 5.93. The summed E-state index contributed by atoms with van der Waals surface area (Å²) in [5, 5.41) is 3.95. The summed E-state index contributed by atoms with van der Waals surface area (Å²) in [6.07, 6.45) is 2.99. The van der Waals surface area contributed by atoms with E-state index in [4.69, 9.17) is 0 Å². The van der Waals surface area contributed by atoms with Gasteiger partial charge in [-0.2, -0.15) is 5.10 Å². The number of hydrazone groups is 1. The largest absolute Gasteiger partial charge is 0.368 e. The van der Waals surface area contributed by atoms with Gasteiger partial charge in [-0.25, -0.2) is 5.43 Å². The Labute approximate surface area is 128 Å². The quantitative estimate of drug-likeness (QED) is 0.843. The van der Waals surface area contributed by atoms with E-state index < -0.39 is 0 Å². The highest BCUT2D eigenvalue weighted by molar-refractivity contribution is 6.44. The third kappa shape index (κ3) is 2.06. The first-order chi connectivity index (χ1) is 10.7.